The standard InChI is InChI=1S/C15H21F3N2O/c1-19(2)9-12-7-13(21)10-20(12)8-11-5-3-4-6-14(11)15(16,17)18/h3-6,12-13,21H,7-10H2,1-2H3. The zero-order valence-corrected chi connectivity index (χ0v) is 12.3. The van der Waals surface area contributed by atoms with E-state index in [1.807, 2.05) is 23.9 Å². The van der Waals surface area contributed by atoms with Gasteiger partial charge in [0.2, 0.25) is 0 Å². The van der Waals surface area contributed by atoms with Gasteiger partial charge in [0.25, 0.3) is 0 Å². The highest BCUT2D eigenvalue weighted by atomic mass is 19.4. The van der Waals surface area contributed by atoms with Crippen LogP contribution in [0.25, 0.3) is 0 Å². The van der Waals surface area contributed by atoms with Crippen LogP contribution >= 0.6 is 0 Å². The van der Waals surface area contributed by atoms with Crippen molar-refractivity contribution >= 4 is 0 Å². The molecule has 118 valence electrons. The van der Waals surface area contributed by atoms with E-state index in [0.717, 1.165) is 12.6 Å². The third-order valence-electron chi connectivity index (χ3n) is 3.78. The van der Waals surface area contributed by atoms with E-state index in [-0.39, 0.29) is 18.2 Å². The lowest BCUT2D eigenvalue weighted by Crippen LogP contribution is -2.37. The number of β-amino-alcohol motifs (C(OH)–C–C–N with tert-alkyl or cyclic N) is 1. The number of benzene rings is 1. The predicted molar refractivity (Wildman–Crippen MR) is 74.8 cm³/mol. The maximum atomic E-state index is 13.0. The number of aliphatic hydroxyl groups is 1. The molecule has 21 heavy (non-hydrogen) atoms. The normalized spacial score (nSPS) is 24.0. The smallest absolute Gasteiger partial charge is 0.392 e. The first kappa shape index (κ1) is 16.3. The number of hydrogen-bond acceptors (Lipinski definition) is 3. The molecule has 1 fully saturated rings. The van der Waals surface area contributed by atoms with Crippen LogP contribution in [0, 0.1) is 0 Å². The van der Waals surface area contributed by atoms with Crippen LogP contribution < -0.4 is 0 Å². The van der Waals surface area contributed by atoms with Gasteiger partial charge in [-0.25, -0.2) is 0 Å². The molecule has 3 nitrogen and oxygen atoms in total. The molecule has 0 amide bonds. The Morgan fingerprint density at radius 1 is 1.29 bits per heavy atom. The van der Waals surface area contributed by atoms with Crippen molar-refractivity contribution in [2.75, 3.05) is 27.2 Å². The molecule has 2 unspecified atom stereocenters. The molecule has 0 bridgehead atoms. The van der Waals surface area contributed by atoms with E-state index < -0.39 is 17.8 Å². The van der Waals surface area contributed by atoms with Gasteiger partial charge in [-0.15, -0.1) is 0 Å². The fraction of sp³-hybridized carbons (Fsp3) is 0.600. The molecule has 0 spiro atoms. The van der Waals surface area contributed by atoms with Gasteiger partial charge in [0, 0.05) is 25.7 Å². The van der Waals surface area contributed by atoms with Crippen molar-refractivity contribution in [1.29, 1.82) is 0 Å². The van der Waals surface area contributed by atoms with Crippen LogP contribution in [-0.4, -0.2) is 54.2 Å². The van der Waals surface area contributed by atoms with Crippen molar-refractivity contribution in [3.8, 4) is 0 Å². The molecule has 1 heterocycles. The van der Waals surface area contributed by atoms with Crippen molar-refractivity contribution in [2.24, 2.45) is 0 Å². The summed E-state index contributed by atoms with van der Waals surface area (Å²) < 4.78 is 39.1. The Labute approximate surface area is 123 Å². The maximum absolute atomic E-state index is 13.0. The summed E-state index contributed by atoms with van der Waals surface area (Å²) in [5.41, 5.74) is -0.321. The Morgan fingerprint density at radius 3 is 2.57 bits per heavy atom. The molecule has 1 aliphatic heterocycles. The molecular weight excluding hydrogens is 281 g/mol. The molecule has 1 aliphatic rings. The average molecular weight is 302 g/mol. The molecule has 0 aliphatic carbocycles. The van der Waals surface area contributed by atoms with Gasteiger partial charge in [-0.05, 0) is 32.1 Å². The summed E-state index contributed by atoms with van der Waals surface area (Å²) in [6.45, 7) is 1.36. The second-order valence-corrected chi connectivity index (χ2v) is 5.89. The molecule has 0 aromatic heterocycles. The number of likely N-dealkylation sites (N-methyl/N-ethyl adjacent to an activating group) is 1. The molecule has 1 saturated heterocycles. The van der Waals surface area contributed by atoms with Crippen molar-refractivity contribution in [3.63, 3.8) is 0 Å². The van der Waals surface area contributed by atoms with Gasteiger partial charge in [-0.3, -0.25) is 4.90 Å². The summed E-state index contributed by atoms with van der Waals surface area (Å²) >= 11 is 0. The van der Waals surface area contributed by atoms with Crippen molar-refractivity contribution in [2.45, 2.75) is 31.3 Å². The largest absolute Gasteiger partial charge is 0.416 e. The first-order valence-electron chi connectivity index (χ1n) is 6.99. The van der Waals surface area contributed by atoms with Crippen LogP contribution in [0.1, 0.15) is 17.5 Å². The molecule has 1 aromatic carbocycles. The topological polar surface area (TPSA) is 26.7 Å². The molecule has 2 rings (SSSR count). The number of nitrogens with zero attached hydrogens (tertiary/aromatic N) is 2. The number of alkyl halides is 3. The fourth-order valence-corrected chi connectivity index (χ4v) is 2.92. The van der Waals surface area contributed by atoms with Gasteiger partial charge >= 0.3 is 6.18 Å². The summed E-state index contributed by atoms with van der Waals surface area (Å²) in [5, 5.41) is 9.81. The summed E-state index contributed by atoms with van der Waals surface area (Å²) in [5.74, 6) is 0. The Morgan fingerprint density at radius 2 is 1.95 bits per heavy atom. The predicted octanol–water partition coefficient (Wildman–Crippen LogP) is 2.20. The first-order valence-corrected chi connectivity index (χ1v) is 6.99. The van der Waals surface area contributed by atoms with E-state index >= 15 is 0 Å². The maximum Gasteiger partial charge on any atom is 0.416 e. The monoisotopic (exact) mass is 302 g/mol. The van der Waals surface area contributed by atoms with Gasteiger partial charge in [0.15, 0.2) is 0 Å². The third-order valence-corrected chi connectivity index (χ3v) is 3.78. The third kappa shape index (κ3) is 4.18. The van der Waals surface area contributed by atoms with E-state index in [1.165, 1.54) is 12.1 Å². The number of hydrogen-bond donors (Lipinski definition) is 1. The lowest BCUT2D eigenvalue weighted by molar-refractivity contribution is -0.138. The van der Waals surface area contributed by atoms with Gasteiger partial charge in [0.1, 0.15) is 0 Å². The second kappa shape index (κ2) is 6.34. The van der Waals surface area contributed by atoms with Crippen molar-refractivity contribution in [1.82, 2.24) is 9.80 Å². The second-order valence-electron chi connectivity index (χ2n) is 5.89. The first-order chi connectivity index (χ1) is 9.77. The van der Waals surface area contributed by atoms with Gasteiger partial charge in [-0.1, -0.05) is 18.2 Å². The van der Waals surface area contributed by atoms with Crippen molar-refractivity contribution in [3.05, 3.63) is 35.4 Å². The van der Waals surface area contributed by atoms with Crippen LogP contribution in [0.4, 0.5) is 13.2 Å². The zero-order valence-electron chi connectivity index (χ0n) is 12.3. The summed E-state index contributed by atoms with van der Waals surface area (Å²) in [4.78, 5) is 3.93. The fourth-order valence-electron chi connectivity index (χ4n) is 2.92. The van der Waals surface area contributed by atoms with E-state index in [9.17, 15) is 18.3 Å². The van der Waals surface area contributed by atoms with Crippen LogP contribution in [0.5, 0.6) is 0 Å². The molecule has 1 aromatic rings. The Balaban J connectivity index is 2.17. The SMILES string of the molecule is CN(C)CC1CC(O)CN1Cc1ccccc1C(F)(F)F. The highest BCUT2D eigenvalue weighted by Gasteiger charge is 2.36. The minimum atomic E-state index is -4.34. The molecule has 0 saturated carbocycles. The number of rotatable bonds is 4. The van der Waals surface area contributed by atoms with Crippen LogP contribution in [0.15, 0.2) is 24.3 Å². The van der Waals surface area contributed by atoms with E-state index in [4.69, 9.17) is 0 Å². The quantitative estimate of drug-likeness (QED) is 0.924. The molecule has 0 radical (unpaired) electrons. The highest BCUT2D eigenvalue weighted by molar-refractivity contribution is 5.29. The average Bonchev–Trinajstić information content (AvgIpc) is 2.68. The van der Waals surface area contributed by atoms with Crippen LogP contribution in [-0.2, 0) is 12.7 Å². The van der Waals surface area contributed by atoms with Crippen LogP contribution in [0.3, 0.4) is 0 Å². The number of likely N-dealkylation sites (tertiary alicyclic amines) is 1. The minimum absolute atomic E-state index is 0.0799. The Hall–Kier alpha value is -1.11. The Kier molecular flexibility index (Phi) is 4.91. The minimum Gasteiger partial charge on any atom is -0.392 e. The lowest BCUT2D eigenvalue weighted by atomic mass is 10.1. The van der Waals surface area contributed by atoms with E-state index in [2.05, 4.69) is 0 Å². The summed E-state index contributed by atoms with van der Waals surface area (Å²) in [7, 11) is 3.85. The molecule has 2 atom stereocenters. The Bertz CT molecular complexity index is 476. The molecule has 1 N–H and O–H groups in total. The van der Waals surface area contributed by atoms with Gasteiger partial charge < -0.3 is 10.0 Å². The molecular formula is C15H21F3N2O. The number of halogens is 3. The summed E-state index contributed by atoms with van der Waals surface area (Å²) in [6, 6.07) is 5.74. The van der Waals surface area contributed by atoms with E-state index in [0.29, 0.717) is 13.0 Å². The highest BCUT2D eigenvalue weighted by Crippen LogP contribution is 2.33. The lowest BCUT2D eigenvalue weighted by Gasteiger charge is -2.27. The van der Waals surface area contributed by atoms with Crippen LogP contribution in [0.2, 0.25) is 0 Å². The van der Waals surface area contributed by atoms with E-state index in [1.54, 1.807) is 6.07 Å². The van der Waals surface area contributed by atoms with Gasteiger partial charge in [0.05, 0.1) is 11.7 Å². The zero-order chi connectivity index (χ0) is 15.6. The van der Waals surface area contributed by atoms with Gasteiger partial charge in [-0.2, -0.15) is 13.2 Å². The number of aliphatic hydroxyl groups excluding tert-OH is 1. The molecule has 6 heteroatoms. The van der Waals surface area contributed by atoms with Crippen molar-refractivity contribution < 1.29 is 18.3 Å². The summed E-state index contributed by atoms with van der Waals surface area (Å²) in [6.07, 6.45) is -4.20.